The number of anilines is 1. The minimum absolute atomic E-state index is 0.199. The maximum Gasteiger partial charge on any atom is 0.243 e. The molecule has 1 unspecified atom stereocenters. The Balaban J connectivity index is 3.01. The molecule has 0 radical (unpaired) electrons. The Kier molecular flexibility index (Phi) is 5.28. The molecule has 5 nitrogen and oxygen atoms in total. The second-order valence-corrected chi connectivity index (χ2v) is 6.14. The Morgan fingerprint density at radius 2 is 2.11 bits per heavy atom. The summed E-state index contributed by atoms with van der Waals surface area (Å²) in [6.07, 6.45) is 0.499. The molecule has 0 aromatic heterocycles. The van der Waals surface area contributed by atoms with E-state index in [0.717, 1.165) is 6.07 Å². The first-order chi connectivity index (χ1) is 8.77. The Hall–Kier alpha value is -1.18. The second-order valence-electron chi connectivity index (χ2n) is 4.45. The van der Waals surface area contributed by atoms with E-state index in [0.29, 0.717) is 13.0 Å². The highest BCUT2D eigenvalue weighted by molar-refractivity contribution is 7.89. The Bertz CT molecular complexity index is 546. The molecule has 19 heavy (non-hydrogen) atoms. The smallest absolute Gasteiger partial charge is 0.243 e. The van der Waals surface area contributed by atoms with E-state index < -0.39 is 20.7 Å². The van der Waals surface area contributed by atoms with Crippen molar-refractivity contribution in [1.82, 2.24) is 4.72 Å². The van der Waals surface area contributed by atoms with Crippen LogP contribution in [0.15, 0.2) is 17.0 Å². The summed E-state index contributed by atoms with van der Waals surface area (Å²) in [7, 11) is -2.40. The molecular weight excluding hydrogens is 271 g/mol. The Morgan fingerprint density at radius 1 is 1.47 bits per heavy atom. The number of halogens is 1. The quantitative estimate of drug-likeness (QED) is 0.776. The molecule has 1 aromatic rings. The molecule has 108 valence electrons. The summed E-state index contributed by atoms with van der Waals surface area (Å²) < 4.78 is 45.3. The SMILES string of the molecule is COCCC(C)NS(=O)(=O)c1cc(N)cc(C)c1F. The molecule has 0 bridgehead atoms. The van der Waals surface area contributed by atoms with E-state index in [4.69, 9.17) is 10.5 Å². The van der Waals surface area contributed by atoms with Gasteiger partial charge in [-0.25, -0.2) is 17.5 Å². The van der Waals surface area contributed by atoms with Gasteiger partial charge in [0.25, 0.3) is 0 Å². The predicted molar refractivity (Wildman–Crippen MR) is 71.8 cm³/mol. The van der Waals surface area contributed by atoms with Crippen LogP contribution in [0, 0.1) is 12.7 Å². The van der Waals surface area contributed by atoms with Crippen LogP contribution in [-0.2, 0) is 14.8 Å². The Labute approximate surface area is 113 Å². The first kappa shape index (κ1) is 15.9. The van der Waals surface area contributed by atoms with Gasteiger partial charge >= 0.3 is 0 Å². The van der Waals surface area contributed by atoms with Crippen molar-refractivity contribution in [2.45, 2.75) is 31.2 Å². The maximum atomic E-state index is 13.9. The molecule has 3 N–H and O–H groups in total. The van der Waals surface area contributed by atoms with Crippen LogP contribution >= 0.6 is 0 Å². The number of aryl methyl sites for hydroxylation is 1. The number of ether oxygens (including phenoxy) is 1. The van der Waals surface area contributed by atoms with Gasteiger partial charge in [0.15, 0.2) is 0 Å². The number of nitrogen functional groups attached to an aromatic ring is 1. The average Bonchev–Trinajstić information content (AvgIpc) is 2.30. The van der Waals surface area contributed by atoms with Crippen LogP contribution in [0.3, 0.4) is 0 Å². The van der Waals surface area contributed by atoms with Gasteiger partial charge in [-0.1, -0.05) is 0 Å². The van der Waals surface area contributed by atoms with Gasteiger partial charge in [0.05, 0.1) is 0 Å². The van der Waals surface area contributed by atoms with Gasteiger partial charge in [-0.05, 0) is 38.0 Å². The van der Waals surface area contributed by atoms with Gasteiger partial charge in [0.2, 0.25) is 10.0 Å². The zero-order chi connectivity index (χ0) is 14.6. The predicted octanol–water partition coefficient (Wildman–Crippen LogP) is 1.42. The normalized spacial score (nSPS) is 13.5. The summed E-state index contributed by atoms with van der Waals surface area (Å²) in [6.45, 7) is 3.58. The van der Waals surface area contributed by atoms with Crippen LogP contribution in [0.4, 0.5) is 10.1 Å². The standard InChI is InChI=1S/C12H19FN2O3S/c1-8-6-10(14)7-11(12(8)13)19(16,17)15-9(2)4-5-18-3/h6-7,9,15H,4-5,14H2,1-3H3. The van der Waals surface area contributed by atoms with Crippen molar-refractivity contribution in [3.8, 4) is 0 Å². The number of nitrogens with two attached hydrogens (primary N) is 1. The molecule has 0 aliphatic carbocycles. The molecule has 0 amide bonds. The maximum absolute atomic E-state index is 13.9. The summed E-state index contributed by atoms with van der Waals surface area (Å²) >= 11 is 0. The number of methoxy groups -OCH3 is 1. The number of benzene rings is 1. The van der Waals surface area contributed by atoms with Crippen molar-refractivity contribution in [3.63, 3.8) is 0 Å². The molecule has 0 saturated heterocycles. The zero-order valence-electron chi connectivity index (χ0n) is 11.2. The van der Waals surface area contributed by atoms with E-state index in [9.17, 15) is 12.8 Å². The third kappa shape index (κ3) is 4.15. The molecule has 0 aliphatic rings. The highest BCUT2D eigenvalue weighted by Gasteiger charge is 2.23. The second kappa shape index (κ2) is 6.31. The largest absolute Gasteiger partial charge is 0.399 e. The minimum atomic E-state index is -3.93. The summed E-state index contributed by atoms with van der Waals surface area (Å²) in [5.74, 6) is -0.777. The lowest BCUT2D eigenvalue weighted by molar-refractivity contribution is 0.188. The highest BCUT2D eigenvalue weighted by Crippen LogP contribution is 2.21. The number of nitrogens with one attached hydrogen (secondary N) is 1. The molecule has 0 heterocycles. The number of hydrogen-bond donors (Lipinski definition) is 2. The van der Waals surface area contributed by atoms with Crippen LogP contribution in [0.2, 0.25) is 0 Å². The van der Waals surface area contributed by atoms with Crippen molar-refractivity contribution in [2.75, 3.05) is 19.5 Å². The van der Waals surface area contributed by atoms with Gasteiger partial charge in [0, 0.05) is 25.4 Å². The molecule has 0 spiro atoms. The lowest BCUT2D eigenvalue weighted by Crippen LogP contribution is -2.34. The molecule has 1 rings (SSSR count). The fourth-order valence-electron chi connectivity index (χ4n) is 1.64. The third-order valence-corrected chi connectivity index (χ3v) is 4.23. The van der Waals surface area contributed by atoms with Crippen molar-refractivity contribution in [1.29, 1.82) is 0 Å². The summed E-state index contributed by atoms with van der Waals surface area (Å²) in [4.78, 5) is -0.422. The molecule has 1 aromatic carbocycles. The van der Waals surface area contributed by atoms with E-state index in [-0.39, 0.29) is 17.3 Å². The van der Waals surface area contributed by atoms with Crippen LogP contribution in [-0.4, -0.2) is 28.2 Å². The average molecular weight is 290 g/mol. The summed E-state index contributed by atoms with van der Waals surface area (Å²) in [5.41, 5.74) is 5.97. The lowest BCUT2D eigenvalue weighted by atomic mass is 10.2. The van der Waals surface area contributed by atoms with Crippen molar-refractivity contribution in [2.24, 2.45) is 0 Å². The number of rotatable bonds is 6. The zero-order valence-corrected chi connectivity index (χ0v) is 12.1. The summed E-state index contributed by atoms with van der Waals surface area (Å²) in [5, 5.41) is 0. The molecular formula is C12H19FN2O3S. The van der Waals surface area contributed by atoms with Gasteiger partial charge < -0.3 is 10.5 Å². The van der Waals surface area contributed by atoms with Gasteiger partial charge in [-0.15, -0.1) is 0 Å². The highest BCUT2D eigenvalue weighted by atomic mass is 32.2. The molecule has 0 aliphatic heterocycles. The van der Waals surface area contributed by atoms with E-state index in [1.165, 1.54) is 20.1 Å². The fourth-order valence-corrected chi connectivity index (χ4v) is 3.10. The van der Waals surface area contributed by atoms with Crippen LogP contribution in [0.1, 0.15) is 18.9 Å². The Morgan fingerprint density at radius 3 is 2.68 bits per heavy atom. The van der Waals surface area contributed by atoms with Crippen LogP contribution in [0.5, 0.6) is 0 Å². The van der Waals surface area contributed by atoms with Crippen molar-refractivity contribution < 1.29 is 17.5 Å². The molecule has 7 heteroatoms. The number of sulfonamides is 1. The van der Waals surface area contributed by atoms with Crippen molar-refractivity contribution >= 4 is 15.7 Å². The van der Waals surface area contributed by atoms with Gasteiger partial charge in [-0.2, -0.15) is 0 Å². The van der Waals surface area contributed by atoms with Crippen LogP contribution in [0.25, 0.3) is 0 Å². The first-order valence-corrected chi connectivity index (χ1v) is 7.33. The topological polar surface area (TPSA) is 81.4 Å². The number of hydrogen-bond acceptors (Lipinski definition) is 4. The lowest BCUT2D eigenvalue weighted by Gasteiger charge is -2.15. The molecule has 1 atom stereocenters. The van der Waals surface area contributed by atoms with Crippen LogP contribution < -0.4 is 10.5 Å². The van der Waals surface area contributed by atoms with Crippen molar-refractivity contribution in [3.05, 3.63) is 23.5 Å². The third-order valence-electron chi connectivity index (χ3n) is 2.64. The summed E-state index contributed by atoms with van der Waals surface area (Å²) in [6, 6.07) is 2.15. The van der Waals surface area contributed by atoms with E-state index in [1.807, 2.05) is 0 Å². The minimum Gasteiger partial charge on any atom is -0.399 e. The molecule has 0 fully saturated rings. The van der Waals surface area contributed by atoms with E-state index >= 15 is 0 Å². The first-order valence-electron chi connectivity index (χ1n) is 5.85. The van der Waals surface area contributed by atoms with E-state index in [2.05, 4.69) is 4.72 Å². The molecule has 0 saturated carbocycles. The van der Waals surface area contributed by atoms with Gasteiger partial charge in [0.1, 0.15) is 10.7 Å². The van der Waals surface area contributed by atoms with Gasteiger partial charge in [-0.3, -0.25) is 0 Å². The fraction of sp³-hybridized carbons (Fsp3) is 0.500. The monoisotopic (exact) mass is 290 g/mol. The van der Waals surface area contributed by atoms with E-state index in [1.54, 1.807) is 6.92 Å².